The zero-order valence-electron chi connectivity index (χ0n) is 26.7. The summed E-state index contributed by atoms with van der Waals surface area (Å²) in [5, 5.41) is 12.2. The number of hydrogen-bond donors (Lipinski definition) is 2. The Labute approximate surface area is 271 Å². The number of rotatable bonds is 8. The average molecular weight is 635 g/mol. The molecule has 238 valence electrons. The van der Waals surface area contributed by atoms with E-state index in [1.807, 2.05) is 73.8 Å². The highest BCUT2D eigenvalue weighted by atomic mass is 28.4. The van der Waals surface area contributed by atoms with Crippen LogP contribution in [0, 0.1) is 5.92 Å². The van der Waals surface area contributed by atoms with E-state index in [4.69, 9.17) is 4.74 Å². The molecular formula is C38H42N2O5Si. The molecule has 2 N–H and O–H groups in total. The summed E-state index contributed by atoms with van der Waals surface area (Å²) in [6, 6.07) is 27.9. The zero-order chi connectivity index (χ0) is 32.2. The summed E-state index contributed by atoms with van der Waals surface area (Å²) in [7, 11) is -2.66. The summed E-state index contributed by atoms with van der Waals surface area (Å²) in [4.78, 5) is 42.0. The van der Waals surface area contributed by atoms with Crippen molar-refractivity contribution in [2.24, 2.45) is 5.92 Å². The van der Waals surface area contributed by atoms with Crippen LogP contribution in [0.2, 0.25) is 18.6 Å². The van der Waals surface area contributed by atoms with E-state index in [1.54, 1.807) is 9.80 Å². The van der Waals surface area contributed by atoms with Crippen molar-refractivity contribution in [3.8, 4) is 0 Å². The SMILES string of the molecule is C[C@H]1[C@H]([Si](C)(C)O)[C@@H](CC(=O)N2Cc3ccccc3C[C@H]2CO)O[C@H]1CCc1ccc(N2C(=O)c3cccc4cccc2c34)cc1. The predicted molar refractivity (Wildman–Crippen MR) is 183 cm³/mol. The van der Waals surface area contributed by atoms with Crippen LogP contribution in [0.25, 0.3) is 10.8 Å². The zero-order valence-corrected chi connectivity index (χ0v) is 27.7. The van der Waals surface area contributed by atoms with E-state index < -0.39 is 8.32 Å². The minimum Gasteiger partial charge on any atom is -0.432 e. The number of carbonyl (C=O) groups excluding carboxylic acids is 2. The smallest absolute Gasteiger partial charge is 0.263 e. The van der Waals surface area contributed by atoms with Gasteiger partial charge < -0.3 is 19.5 Å². The second-order valence-corrected chi connectivity index (χ2v) is 17.8. The van der Waals surface area contributed by atoms with Gasteiger partial charge in [0.1, 0.15) is 0 Å². The number of anilines is 2. The third kappa shape index (κ3) is 5.47. The van der Waals surface area contributed by atoms with Crippen LogP contribution in [-0.2, 0) is 28.9 Å². The van der Waals surface area contributed by atoms with E-state index in [0.717, 1.165) is 51.7 Å². The van der Waals surface area contributed by atoms with E-state index >= 15 is 0 Å². The second-order valence-electron chi connectivity index (χ2n) is 13.8. The first-order valence-electron chi connectivity index (χ1n) is 16.4. The van der Waals surface area contributed by atoms with Gasteiger partial charge in [0.25, 0.3) is 5.91 Å². The van der Waals surface area contributed by atoms with Gasteiger partial charge in [-0.05, 0) is 84.6 Å². The number of benzene rings is 4. The third-order valence-electron chi connectivity index (χ3n) is 10.5. The summed E-state index contributed by atoms with van der Waals surface area (Å²) < 4.78 is 6.63. The molecule has 3 aliphatic rings. The van der Waals surface area contributed by atoms with Crippen molar-refractivity contribution in [3.05, 3.63) is 107 Å². The van der Waals surface area contributed by atoms with Gasteiger partial charge in [-0.1, -0.05) is 67.6 Å². The summed E-state index contributed by atoms with van der Waals surface area (Å²) in [5.41, 5.74) is 5.88. The molecule has 2 amide bonds. The molecule has 0 bridgehead atoms. The Morgan fingerprint density at radius 2 is 1.65 bits per heavy atom. The van der Waals surface area contributed by atoms with Crippen LogP contribution >= 0.6 is 0 Å². The normalized spacial score (nSPS) is 24.1. The largest absolute Gasteiger partial charge is 0.432 e. The molecule has 0 aliphatic carbocycles. The van der Waals surface area contributed by atoms with Gasteiger partial charge in [-0.3, -0.25) is 14.5 Å². The molecule has 3 heterocycles. The van der Waals surface area contributed by atoms with E-state index in [2.05, 4.69) is 31.2 Å². The quantitative estimate of drug-likeness (QED) is 0.220. The van der Waals surface area contributed by atoms with Gasteiger partial charge in [-0.2, -0.15) is 0 Å². The van der Waals surface area contributed by atoms with Gasteiger partial charge in [-0.15, -0.1) is 0 Å². The average Bonchev–Trinajstić information content (AvgIpc) is 3.53. The monoisotopic (exact) mass is 634 g/mol. The van der Waals surface area contributed by atoms with E-state index in [1.165, 1.54) is 5.56 Å². The number of amides is 2. The van der Waals surface area contributed by atoms with Crippen molar-refractivity contribution in [1.82, 2.24) is 4.90 Å². The first-order valence-corrected chi connectivity index (χ1v) is 19.5. The van der Waals surface area contributed by atoms with Crippen molar-refractivity contribution in [3.63, 3.8) is 0 Å². The lowest BCUT2D eigenvalue weighted by atomic mass is 9.93. The van der Waals surface area contributed by atoms with Gasteiger partial charge in [0, 0.05) is 23.2 Å². The Morgan fingerprint density at radius 1 is 0.935 bits per heavy atom. The van der Waals surface area contributed by atoms with Crippen molar-refractivity contribution >= 4 is 42.3 Å². The molecule has 1 fully saturated rings. The molecule has 0 aromatic heterocycles. The highest BCUT2D eigenvalue weighted by molar-refractivity contribution is 6.71. The van der Waals surface area contributed by atoms with Crippen LogP contribution in [-0.4, -0.2) is 59.8 Å². The van der Waals surface area contributed by atoms with Gasteiger partial charge >= 0.3 is 0 Å². The van der Waals surface area contributed by atoms with E-state index in [-0.39, 0.29) is 54.6 Å². The van der Waals surface area contributed by atoms with E-state index in [0.29, 0.717) is 13.0 Å². The molecule has 3 aliphatic heterocycles. The van der Waals surface area contributed by atoms with Gasteiger partial charge in [-0.25, -0.2) is 0 Å². The highest BCUT2D eigenvalue weighted by Gasteiger charge is 2.50. The fraction of sp³-hybridized carbons (Fsp3) is 0.368. The van der Waals surface area contributed by atoms with Gasteiger partial charge in [0.15, 0.2) is 8.32 Å². The lowest BCUT2D eigenvalue weighted by Crippen LogP contribution is -2.48. The van der Waals surface area contributed by atoms with Crippen molar-refractivity contribution in [2.45, 2.75) is 76.0 Å². The Bertz CT molecular complexity index is 1780. The third-order valence-corrected chi connectivity index (χ3v) is 13.0. The number of nitrogens with zero attached hydrogens (tertiary/aromatic N) is 2. The number of aryl methyl sites for hydroxylation is 1. The Balaban J connectivity index is 1.03. The summed E-state index contributed by atoms with van der Waals surface area (Å²) in [6.45, 7) is 6.45. The van der Waals surface area contributed by atoms with E-state index in [9.17, 15) is 19.5 Å². The highest BCUT2D eigenvalue weighted by Crippen LogP contribution is 2.46. The topological polar surface area (TPSA) is 90.3 Å². The maximum atomic E-state index is 13.7. The maximum Gasteiger partial charge on any atom is 0.263 e. The standard InChI is InChI=1S/C38H42N2O5Si/c1-24-33(19-16-25-14-17-29(18-15-25)40-32-13-7-11-26-10-6-12-31(36(26)32)38(40)43)45-34(37(24)46(2,3)44)21-35(42)39-22-28-9-5-4-8-27(28)20-30(39)23-41/h4-15,17-18,24,30,33-34,37,41,44H,16,19-23H2,1-3H3/t24-,30+,33+,34-,37+/m1/s1. The summed E-state index contributed by atoms with van der Waals surface area (Å²) in [5.74, 6) is 0.0782. The Morgan fingerprint density at radius 3 is 2.37 bits per heavy atom. The molecule has 0 saturated carbocycles. The van der Waals surface area contributed by atoms with Crippen molar-refractivity contribution in [2.75, 3.05) is 11.5 Å². The molecular weight excluding hydrogens is 593 g/mol. The van der Waals surface area contributed by atoms with Crippen LogP contribution in [0.15, 0.2) is 84.9 Å². The van der Waals surface area contributed by atoms with Crippen LogP contribution in [0.3, 0.4) is 0 Å². The van der Waals surface area contributed by atoms with Gasteiger partial charge in [0.2, 0.25) is 5.91 Å². The summed E-state index contributed by atoms with van der Waals surface area (Å²) >= 11 is 0. The van der Waals surface area contributed by atoms with Crippen molar-refractivity contribution < 1.29 is 24.2 Å². The molecule has 7 rings (SSSR count). The minimum atomic E-state index is -2.66. The van der Waals surface area contributed by atoms with Crippen LogP contribution < -0.4 is 4.90 Å². The molecule has 0 radical (unpaired) electrons. The molecule has 0 unspecified atom stereocenters. The molecule has 0 spiro atoms. The fourth-order valence-corrected chi connectivity index (χ4v) is 10.8. The Hall–Kier alpha value is -3.82. The molecule has 5 atom stereocenters. The fourth-order valence-electron chi connectivity index (χ4n) is 8.23. The molecule has 8 heteroatoms. The number of aliphatic hydroxyl groups excluding tert-OH is 1. The lowest BCUT2D eigenvalue weighted by molar-refractivity contribution is -0.138. The van der Waals surface area contributed by atoms with Crippen LogP contribution in [0.1, 0.15) is 46.8 Å². The maximum absolute atomic E-state index is 13.7. The number of aliphatic hydroxyl groups is 1. The second kappa shape index (κ2) is 12.1. The number of fused-ring (bicyclic) bond motifs is 1. The Kier molecular flexibility index (Phi) is 8.09. The summed E-state index contributed by atoms with van der Waals surface area (Å²) in [6.07, 6.45) is 1.97. The lowest BCUT2D eigenvalue weighted by Gasteiger charge is -2.37. The first-order chi connectivity index (χ1) is 22.1. The minimum absolute atomic E-state index is 0.00535. The molecule has 4 aromatic rings. The number of hydrogen-bond acceptors (Lipinski definition) is 5. The van der Waals surface area contributed by atoms with Crippen LogP contribution in [0.5, 0.6) is 0 Å². The molecule has 7 nitrogen and oxygen atoms in total. The molecule has 4 aromatic carbocycles. The molecule has 46 heavy (non-hydrogen) atoms. The van der Waals surface area contributed by atoms with Gasteiger partial charge in [0.05, 0.1) is 42.5 Å². The number of ether oxygens (including phenoxy) is 1. The first kappa shape index (κ1) is 30.8. The predicted octanol–water partition coefficient (Wildman–Crippen LogP) is 6.37. The van der Waals surface area contributed by atoms with Crippen molar-refractivity contribution in [1.29, 1.82) is 0 Å². The number of carbonyl (C=O) groups is 2. The van der Waals surface area contributed by atoms with Crippen LogP contribution in [0.4, 0.5) is 11.4 Å². The molecule has 1 saturated heterocycles.